The van der Waals surface area contributed by atoms with Crippen LogP contribution in [0, 0.1) is 5.92 Å². The molecule has 182 valence electrons. The Morgan fingerprint density at radius 1 is 1.31 bits per heavy atom. The molecule has 3 heterocycles. The van der Waals surface area contributed by atoms with Crippen LogP contribution in [0.1, 0.15) is 22.8 Å². The average Bonchev–Trinajstić information content (AvgIpc) is 3.48. The van der Waals surface area contributed by atoms with Crippen LogP contribution in [0.4, 0.5) is 0 Å². The van der Waals surface area contributed by atoms with Gasteiger partial charge in [0.15, 0.2) is 5.78 Å². The van der Waals surface area contributed by atoms with E-state index in [4.69, 9.17) is 21.1 Å². The van der Waals surface area contributed by atoms with Gasteiger partial charge in [-0.1, -0.05) is 30.7 Å². The van der Waals surface area contributed by atoms with Gasteiger partial charge in [0, 0.05) is 41.3 Å². The summed E-state index contributed by atoms with van der Waals surface area (Å²) in [5, 5.41) is 8.27. The first-order valence-corrected chi connectivity index (χ1v) is 12.2. The molecule has 0 unspecified atom stereocenters. The molecule has 5 rings (SSSR count). The Kier molecular flexibility index (Phi) is 6.54. The first-order valence-electron chi connectivity index (χ1n) is 11.8. The maximum atomic E-state index is 13.8. The second kappa shape index (κ2) is 9.76. The van der Waals surface area contributed by atoms with Crippen molar-refractivity contribution >= 4 is 28.3 Å². The molecule has 0 aliphatic carbocycles. The van der Waals surface area contributed by atoms with E-state index in [1.54, 1.807) is 13.3 Å². The number of hydrogen-bond donors (Lipinski definition) is 1. The first kappa shape index (κ1) is 23.5. The van der Waals surface area contributed by atoms with E-state index in [1.165, 1.54) is 0 Å². The number of H-pyrrole nitrogens is 1. The molecule has 1 aliphatic rings. The minimum atomic E-state index is -0.255. The summed E-state index contributed by atoms with van der Waals surface area (Å²) in [6.45, 7) is 5.12. The van der Waals surface area contributed by atoms with Gasteiger partial charge in [0.05, 0.1) is 25.8 Å². The molecular weight excluding hydrogens is 464 g/mol. The highest BCUT2D eigenvalue weighted by molar-refractivity contribution is 6.32. The van der Waals surface area contributed by atoms with Crippen molar-refractivity contribution in [2.45, 2.75) is 19.9 Å². The predicted molar refractivity (Wildman–Crippen MR) is 138 cm³/mol. The molecule has 0 saturated heterocycles. The Morgan fingerprint density at radius 3 is 2.91 bits per heavy atom. The topological polar surface area (TPSA) is 72.4 Å². The molecule has 4 aromatic rings. The summed E-state index contributed by atoms with van der Waals surface area (Å²) < 4.78 is 13.5. The van der Waals surface area contributed by atoms with Crippen molar-refractivity contribution in [2.75, 3.05) is 33.9 Å². The highest BCUT2D eigenvalue weighted by Crippen LogP contribution is 2.35. The second-order valence-corrected chi connectivity index (χ2v) is 9.39. The van der Waals surface area contributed by atoms with Crippen molar-refractivity contribution in [1.82, 2.24) is 19.7 Å². The third-order valence-corrected chi connectivity index (χ3v) is 7.15. The highest BCUT2D eigenvalue weighted by Gasteiger charge is 2.29. The molecule has 0 bridgehead atoms. The monoisotopic (exact) mass is 492 g/mol. The Hall–Kier alpha value is -3.29. The number of methoxy groups -OCH3 is 1. The quantitative estimate of drug-likeness (QED) is 0.347. The van der Waals surface area contributed by atoms with E-state index in [2.05, 4.69) is 39.7 Å². The van der Waals surface area contributed by atoms with E-state index in [1.807, 2.05) is 36.5 Å². The molecule has 0 spiro atoms. The molecule has 0 fully saturated rings. The van der Waals surface area contributed by atoms with Crippen LogP contribution in [0.25, 0.3) is 22.0 Å². The van der Waals surface area contributed by atoms with Gasteiger partial charge >= 0.3 is 0 Å². The Labute approximate surface area is 209 Å². The van der Waals surface area contributed by atoms with E-state index < -0.39 is 0 Å². The summed E-state index contributed by atoms with van der Waals surface area (Å²) in [4.78, 5) is 16.0. The van der Waals surface area contributed by atoms with Gasteiger partial charge in [0.25, 0.3) is 0 Å². The van der Waals surface area contributed by atoms with Crippen molar-refractivity contribution in [2.24, 2.45) is 5.92 Å². The third-order valence-electron chi connectivity index (χ3n) is 6.86. The Bertz CT molecular complexity index is 1380. The van der Waals surface area contributed by atoms with Gasteiger partial charge in [-0.2, -0.15) is 5.10 Å². The molecule has 0 saturated carbocycles. The van der Waals surface area contributed by atoms with Crippen LogP contribution in [0.3, 0.4) is 0 Å². The van der Waals surface area contributed by atoms with E-state index in [0.29, 0.717) is 18.2 Å². The van der Waals surface area contributed by atoms with Crippen LogP contribution in [0.5, 0.6) is 11.5 Å². The van der Waals surface area contributed by atoms with E-state index in [-0.39, 0.29) is 11.7 Å². The van der Waals surface area contributed by atoms with Gasteiger partial charge in [0.2, 0.25) is 0 Å². The molecule has 2 aromatic carbocycles. The lowest BCUT2D eigenvalue weighted by molar-refractivity contribution is 0.0856. The van der Waals surface area contributed by atoms with Crippen molar-refractivity contribution in [1.29, 1.82) is 0 Å². The van der Waals surface area contributed by atoms with Crippen LogP contribution >= 0.6 is 11.6 Å². The zero-order chi connectivity index (χ0) is 24.5. The molecule has 8 heteroatoms. The summed E-state index contributed by atoms with van der Waals surface area (Å²) in [7, 11) is 3.74. The predicted octanol–water partition coefficient (Wildman–Crippen LogP) is 5.08. The molecule has 1 atom stereocenters. The van der Waals surface area contributed by atoms with Crippen LogP contribution in [0.2, 0.25) is 5.15 Å². The maximum absolute atomic E-state index is 13.8. The summed E-state index contributed by atoms with van der Waals surface area (Å²) >= 11 is 6.30. The number of hydrogen-bond acceptors (Lipinski definition) is 5. The number of nitrogens with one attached hydrogen (secondary N) is 1. The minimum Gasteiger partial charge on any atom is -0.497 e. The molecule has 1 aliphatic heterocycles. The lowest BCUT2D eigenvalue weighted by atomic mass is 9.89. The molecule has 1 N–H and O–H groups in total. The minimum absolute atomic E-state index is 0.0974. The molecule has 7 nitrogen and oxygen atoms in total. The van der Waals surface area contributed by atoms with E-state index >= 15 is 0 Å². The van der Waals surface area contributed by atoms with Crippen LogP contribution < -0.4 is 9.47 Å². The highest BCUT2D eigenvalue weighted by atomic mass is 35.5. The standard InChI is InChI=1S/C27H29ClN4O3/c1-4-31(2)9-10-32-15-23(21-7-5-17(13-24(21)32)22-14-29-30-27(22)28)26(33)19-11-18-12-20(34-3)6-8-25(18)35-16-19/h5-8,12-15,19H,4,9-11,16H2,1-3H3,(H,29,30)/t19-/m0/s1. The van der Waals surface area contributed by atoms with Gasteiger partial charge < -0.3 is 18.9 Å². The van der Waals surface area contributed by atoms with Crippen LogP contribution in [-0.2, 0) is 13.0 Å². The second-order valence-electron chi connectivity index (χ2n) is 9.01. The number of aromatic nitrogens is 3. The van der Waals surface area contributed by atoms with Gasteiger partial charge in [-0.05, 0) is 55.4 Å². The number of carbonyl (C=O) groups is 1. The summed E-state index contributed by atoms with van der Waals surface area (Å²) in [5.41, 5.74) is 4.53. The summed E-state index contributed by atoms with van der Waals surface area (Å²) in [5.74, 6) is 1.43. The number of likely N-dealkylation sites (N-methyl/N-ethyl adjacent to an activating group) is 1. The third kappa shape index (κ3) is 4.54. The molecule has 2 aromatic heterocycles. The molecule has 0 amide bonds. The number of nitrogens with zero attached hydrogens (tertiary/aromatic N) is 3. The fourth-order valence-corrected chi connectivity index (χ4v) is 4.84. The Balaban J connectivity index is 1.51. The van der Waals surface area contributed by atoms with E-state index in [0.717, 1.165) is 64.3 Å². The van der Waals surface area contributed by atoms with Crippen molar-refractivity contribution in [3.8, 4) is 22.6 Å². The number of Topliss-reactive ketones (excluding diaryl/α,β-unsaturated/α-hetero) is 1. The van der Waals surface area contributed by atoms with Crippen LogP contribution in [0.15, 0.2) is 48.8 Å². The fraction of sp³-hybridized carbons (Fsp3) is 0.333. The normalized spacial score (nSPS) is 15.3. The number of carbonyl (C=O) groups excluding carboxylic acids is 1. The number of aromatic amines is 1. The van der Waals surface area contributed by atoms with E-state index in [9.17, 15) is 4.79 Å². The number of rotatable bonds is 8. The summed E-state index contributed by atoms with van der Waals surface area (Å²) in [6, 6.07) is 11.9. The van der Waals surface area contributed by atoms with Crippen molar-refractivity contribution in [3.63, 3.8) is 0 Å². The summed E-state index contributed by atoms with van der Waals surface area (Å²) in [6.07, 6.45) is 4.34. The number of halogens is 1. The lowest BCUT2D eigenvalue weighted by Gasteiger charge is -2.24. The largest absolute Gasteiger partial charge is 0.497 e. The van der Waals surface area contributed by atoms with Gasteiger partial charge in [-0.15, -0.1) is 0 Å². The van der Waals surface area contributed by atoms with Gasteiger partial charge in [-0.3, -0.25) is 9.89 Å². The first-order chi connectivity index (χ1) is 17.0. The number of ketones is 1. The van der Waals surface area contributed by atoms with Crippen molar-refractivity contribution in [3.05, 3.63) is 65.1 Å². The maximum Gasteiger partial charge on any atom is 0.171 e. The molecule has 0 radical (unpaired) electrons. The molecular formula is C27H29ClN4O3. The van der Waals surface area contributed by atoms with Crippen molar-refractivity contribution < 1.29 is 14.3 Å². The van der Waals surface area contributed by atoms with Crippen LogP contribution in [-0.4, -0.2) is 59.3 Å². The van der Waals surface area contributed by atoms with Gasteiger partial charge in [0.1, 0.15) is 16.7 Å². The zero-order valence-electron chi connectivity index (χ0n) is 20.2. The average molecular weight is 493 g/mol. The Morgan fingerprint density at radius 2 is 2.17 bits per heavy atom. The number of fused-ring (bicyclic) bond motifs is 2. The smallest absolute Gasteiger partial charge is 0.171 e. The molecule has 35 heavy (non-hydrogen) atoms. The SMILES string of the molecule is CCN(C)CCn1cc(C(=O)[C@@H]2COc3ccc(OC)cc3C2)c2ccc(-c3cn[nH]c3Cl)cc21. The lowest BCUT2D eigenvalue weighted by Crippen LogP contribution is -2.28. The number of ether oxygens (including phenoxy) is 2. The zero-order valence-corrected chi connectivity index (χ0v) is 20.9. The number of benzene rings is 2. The van der Waals surface area contributed by atoms with Gasteiger partial charge in [-0.25, -0.2) is 0 Å². The fourth-order valence-electron chi connectivity index (χ4n) is 4.64.